The highest BCUT2D eigenvalue weighted by molar-refractivity contribution is 6.13. The van der Waals surface area contributed by atoms with Crippen LogP contribution in [0.1, 0.15) is 12.0 Å². The highest BCUT2D eigenvalue weighted by Gasteiger charge is 2.14. The van der Waals surface area contributed by atoms with Gasteiger partial charge in [0.15, 0.2) is 0 Å². The molecular formula is C23H26N4O. The number of nitrogens with zero attached hydrogens (tertiary/aromatic N) is 3. The van der Waals surface area contributed by atoms with Gasteiger partial charge in [-0.15, -0.1) is 0 Å². The largest absolute Gasteiger partial charge is 0.304 e. The van der Waals surface area contributed by atoms with E-state index in [2.05, 4.69) is 57.7 Å². The molecule has 0 aliphatic carbocycles. The molecule has 1 aliphatic rings. The van der Waals surface area contributed by atoms with Crippen LogP contribution in [0.15, 0.2) is 59.7 Å². The Bertz CT molecular complexity index is 952. The number of hydrazone groups is 1. The standard InChI is InChI=1S/C23H26N4O/c1-26-12-14-27(15-13-26)11-10-23(28)25-24-17-22-20-8-4-2-6-18(20)16-19-7-3-5-9-21(19)22/h2-9,16-17H,10-15H2,1H3,(H,25,28)/b24-17-. The van der Waals surface area contributed by atoms with Crippen LogP contribution in [0.5, 0.6) is 0 Å². The zero-order chi connectivity index (χ0) is 19.3. The summed E-state index contributed by atoms with van der Waals surface area (Å²) in [7, 11) is 2.13. The van der Waals surface area contributed by atoms with Gasteiger partial charge >= 0.3 is 0 Å². The summed E-state index contributed by atoms with van der Waals surface area (Å²) in [5.41, 5.74) is 3.74. The van der Waals surface area contributed by atoms with E-state index in [1.165, 1.54) is 10.8 Å². The molecule has 1 fully saturated rings. The maximum absolute atomic E-state index is 12.2. The van der Waals surface area contributed by atoms with Crippen molar-refractivity contribution in [3.8, 4) is 0 Å². The van der Waals surface area contributed by atoms with Crippen molar-refractivity contribution in [2.24, 2.45) is 5.10 Å². The third kappa shape index (κ3) is 4.21. The second kappa shape index (κ2) is 8.50. The monoisotopic (exact) mass is 374 g/mol. The van der Waals surface area contributed by atoms with Crippen LogP contribution in [0.3, 0.4) is 0 Å². The molecule has 0 radical (unpaired) electrons. The average Bonchev–Trinajstić information content (AvgIpc) is 2.73. The molecule has 5 nitrogen and oxygen atoms in total. The number of piperazine rings is 1. The molecule has 0 atom stereocenters. The fraction of sp³-hybridized carbons (Fsp3) is 0.304. The minimum atomic E-state index is -0.0419. The van der Waals surface area contributed by atoms with Gasteiger partial charge in [-0.1, -0.05) is 48.5 Å². The van der Waals surface area contributed by atoms with Crippen molar-refractivity contribution in [2.75, 3.05) is 39.8 Å². The number of likely N-dealkylation sites (N-methyl/N-ethyl adjacent to an activating group) is 1. The second-order valence-electron chi connectivity index (χ2n) is 7.42. The number of fused-ring (bicyclic) bond motifs is 2. The molecule has 0 saturated carbocycles. The van der Waals surface area contributed by atoms with Crippen LogP contribution in [0.25, 0.3) is 21.5 Å². The van der Waals surface area contributed by atoms with E-state index in [-0.39, 0.29) is 5.91 Å². The van der Waals surface area contributed by atoms with Crippen LogP contribution in [-0.4, -0.2) is 61.7 Å². The average molecular weight is 374 g/mol. The Hall–Kier alpha value is -2.76. The fourth-order valence-electron chi connectivity index (χ4n) is 3.74. The number of carbonyl (C=O) groups is 1. The molecule has 1 heterocycles. The summed E-state index contributed by atoms with van der Waals surface area (Å²) in [6.45, 7) is 4.96. The number of amides is 1. The molecule has 0 unspecified atom stereocenters. The highest BCUT2D eigenvalue weighted by Crippen LogP contribution is 2.27. The van der Waals surface area contributed by atoms with Crippen molar-refractivity contribution >= 4 is 33.7 Å². The van der Waals surface area contributed by atoms with Crippen molar-refractivity contribution in [1.82, 2.24) is 15.2 Å². The molecular weight excluding hydrogens is 348 g/mol. The SMILES string of the molecule is CN1CCN(CCC(=O)N/N=C\c2c3ccccc3cc3ccccc23)CC1. The van der Waals surface area contributed by atoms with Gasteiger partial charge in [-0.25, -0.2) is 5.43 Å². The lowest BCUT2D eigenvalue weighted by Crippen LogP contribution is -2.45. The van der Waals surface area contributed by atoms with Gasteiger partial charge in [0.2, 0.25) is 5.91 Å². The molecule has 0 bridgehead atoms. The van der Waals surface area contributed by atoms with Gasteiger partial charge in [0.05, 0.1) is 6.21 Å². The van der Waals surface area contributed by atoms with Crippen LogP contribution in [0.4, 0.5) is 0 Å². The van der Waals surface area contributed by atoms with Crippen LogP contribution < -0.4 is 5.43 Å². The van der Waals surface area contributed by atoms with Crippen molar-refractivity contribution in [3.63, 3.8) is 0 Å². The molecule has 3 aromatic rings. The molecule has 1 saturated heterocycles. The summed E-state index contributed by atoms with van der Waals surface area (Å²) in [6.07, 6.45) is 2.25. The number of nitrogens with one attached hydrogen (secondary N) is 1. The molecule has 3 aromatic carbocycles. The number of benzene rings is 3. The third-order valence-corrected chi connectivity index (χ3v) is 5.45. The lowest BCUT2D eigenvalue weighted by molar-refractivity contribution is -0.121. The van der Waals surface area contributed by atoms with Gasteiger partial charge in [0.25, 0.3) is 0 Å². The van der Waals surface area contributed by atoms with E-state index in [4.69, 9.17) is 0 Å². The topological polar surface area (TPSA) is 47.9 Å². The molecule has 1 aliphatic heterocycles. The molecule has 1 N–H and O–H groups in total. The number of hydrogen-bond donors (Lipinski definition) is 1. The zero-order valence-electron chi connectivity index (χ0n) is 16.3. The normalized spacial score (nSPS) is 16.2. The fourth-order valence-corrected chi connectivity index (χ4v) is 3.74. The van der Waals surface area contributed by atoms with Crippen molar-refractivity contribution in [1.29, 1.82) is 0 Å². The summed E-state index contributed by atoms with van der Waals surface area (Å²) >= 11 is 0. The Balaban J connectivity index is 1.45. The minimum Gasteiger partial charge on any atom is -0.304 e. The van der Waals surface area contributed by atoms with Gasteiger partial charge in [0.1, 0.15) is 0 Å². The van der Waals surface area contributed by atoms with Crippen LogP contribution >= 0.6 is 0 Å². The van der Waals surface area contributed by atoms with Gasteiger partial charge in [0, 0.05) is 44.7 Å². The number of carbonyl (C=O) groups excluding carboxylic acids is 1. The molecule has 1 amide bonds. The maximum atomic E-state index is 12.2. The zero-order valence-corrected chi connectivity index (χ0v) is 16.3. The van der Waals surface area contributed by atoms with E-state index in [0.29, 0.717) is 6.42 Å². The summed E-state index contributed by atoms with van der Waals surface area (Å²) in [6, 6.07) is 18.7. The van der Waals surface area contributed by atoms with Crippen LogP contribution in [0, 0.1) is 0 Å². The Morgan fingerprint density at radius 3 is 2.25 bits per heavy atom. The first-order chi connectivity index (χ1) is 13.7. The Labute approximate surface area is 165 Å². The first kappa shape index (κ1) is 18.6. The molecule has 0 aromatic heterocycles. The lowest BCUT2D eigenvalue weighted by atomic mass is 9.97. The van der Waals surface area contributed by atoms with E-state index in [0.717, 1.165) is 49.1 Å². The van der Waals surface area contributed by atoms with E-state index in [1.54, 1.807) is 6.21 Å². The summed E-state index contributed by atoms with van der Waals surface area (Å²) in [5, 5.41) is 8.88. The van der Waals surface area contributed by atoms with Gasteiger partial charge < -0.3 is 9.80 Å². The number of hydrogen-bond acceptors (Lipinski definition) is 4. The predicted molar refractivity (Wildman–Crippen MR) is 116 cm³/mol. The molecule has 0 spiro atoms. The lowest BCUT2D eigenvalue weighted by Gasteiger charge is -2.32. The van der Waals surface area contributed by atoms with Crippen molar-refractivity contribution < 1.29 is 4.79 Å². The molecule has 5 heteroatoms. The van der Waals surface area contributed by atoms with Crippen molar-refractivity contribution in [3.05, 3.63) is 60.2 Å². The maximum Gasteiger partial charge on any atom is 0.241 e. The van der Waals surface area contributed by atoms with Crippen LogP contribution in [-0.2, 0) is 4.79 Å². The molecule has 28 heavy (non-hydrogen) atoms. The summed E-state index contributed by atoms with van der Waals surface area (Å²) < 4.78 is 0. The van der Waals surface area contributed by atoms with E-state index in [9.17, 15) is 4.79 Å². The molecule has 144 valence electrons. The predicted octanol–water partition coefficient (Wildman–Crippen LogP) is 3.08. The first-order valence-corrected chi connectivity index (χ1v) is 9.84. The summed E-state index contributed by atoms with van der Waals surface area (Å²) in [4.78, 5) is 16.9. The third-order valence-electron chi connectivity index (χ3n) is 5.45. The Kier molecular flexibility index (Phi) is 5.65. The minimum absolute atomic E-state index is 0.0419. The van der Waals surface area contributed by atoms with E-state index in [1.807, 2.05) is 24.3 Å². The van der Waals surface area contributed by atoms with Crippen molar-refractivity contribution in [2.45, 2.75) is 6.42 Å². The summed E-state index contributed by atoms with van der Waals surface area (Å²) in [5.74, 6) is -0.0419. The van der Waals surface area contributed by atoms with Gasteiger partial charge in [-0.2, -0.15) is 5.10 Å². The van der Waals surface area contributed by atoms with E-state index >= 15 is 0 Å². The molecule has 4 rings (SSSR count). The van der Waals surface area contributed by atoms with Crippen LogP contribution in [0.2, 0.25) is 0 Å². The highest BCUT2D eigenvalue weighted by atomic mass is 16.2. The van der Waals surface area contributed by atoms with Gasteiger partial charge in [-0.3, -0.25) is 4.79 Å². The van der Waals surface area contributed by atoms with Gasteiger partial charge in [-0.05, 0) is 34.7 Å². The number of rotatable bonds is 5. The smallest absolute Gasteiger partial charge is 0.241 e. The Morgan fingerprint density at radius 1 is 1.00 bits per heavy atom. The quantitative estimate of drug-likeness (QED) is 0.424. The second-order valence-corrected chi connectivity index (χ2v) is 7.42. The van der Waals surface area contributed by atoms with E-state index < -0.39 is 0 Å². The first-order valence-electron chi connectivity index (χ1n) is 9.84. The Morgan fingerprint density at radius 2 is 1.61 bits per heavy atom.